The van der Waals surface area contributed by atoms with Gasteiger partial charge in [-0.3, -0.25) is 4.79 Å². The molecule has 0 saturated carbocycles. The summed E-state index contributed by atoms with van der Waals surface area (Å²) in [4.78, 5) is 15.8. The molecule has 0 unspecified atom stereocenters. The largest absolute Gasteiger partial charge is 0.434 e. The zero-order chi connectivity index (χ0) is 17.0. The number of nitrogens with one attached hydrogen (secondary N) is 1. The second-order valence-electron chi connectivity index (χ2n) is 4.83. The molecule has 0 aliphatic carbocycles. The number of benzene rings is 1. The van der Waals surface area contributed by atoms with Crippen molar-refractivity contribution in [3.63, 3.8) is 0 Å². The number of alkyl halides is 3. The number of carbonyl (C=O) groups is 1. The lowest BCUT2D eigenvalue weighted by Gasteiger charge is -2.14. The molecule has 1 aromatic heterocycles. The predicted octanol–water partition coefficient (Wildman–Crippen LogP) is 4.69. The van der Waals surface area contributed by atoms with Crippen LogP contribution >= 0.6 is 11.3 Å². The Bertz CT molecular complexity index is 692. The average molecular weight is 340 g/mol. The Morgan fingerprint density at radius 2 is 2.04 bits per heavy atom. The van der Waals surface area contributed by atoms with Crippen LogP contribution in [0, 0.1) is 0 Å². The van der Waals surface area contributed by atoms with E-state index in [-0.39, 0.29) is 10.9 Å². The molecule has 2 rings (SSSR count). The van der Waals surface area contributed by atoms with Gasteiger partial charge in [-0.1, -0.05) is 31.7 Å². The highest BCUT2D eigenvalue weighted by Gasteiger charge is 2.34. The van der Waals surface area contributed by atoms with Crippen molar-refractivity contribution in [3.8, 4) is 0 Å². The van der Waals surface area contributed by atoms with Crippen LogP contribution in [-0.2, 0) is 6.18 Å². The predicted molar refractivity (Wildman–Crippen MR) is 84.1 cm³/mol. The van der Waals surface area contributed by atoms with E-state index in [1.807, 2.05) is 0 Å². The van der Waals surface area contributed by atoms with E-state index in [1.165, 1.54) is 0 Å². The molecule has 122 valence electrons. The first kappa shape index (κ1) is 17.2. The lowest BCUT2D eigenvalue weighted by Crippen LogP contribution is -2.28. The van der Waals surface area contributed by atoms with E-state index in [1.54, 1.807) is 37.3 Å². The molecular formula is C16H15F3N2OS. The Balaban J connectivity index is 2.13. The van der Waals surface area contributed by atoms with E-state index in [0.717, 1.165) is 22.3 Å². The number of hydrogen-bond donors (Lipinski definition) is 1. The van der Waals surface area contributed by atoms with Gasteiger partial charge < -0.3 is 5.32 Å². The normalized spacial score (nSPS) is 12.7. The topological polar surface area (TPSA) is 42.0 Å². The number of aromatic nitrogens is 1. The van der Waals surface area contributed by atoms with Gasteiger partial charge in [-0.05, 0) is 24.1 Å². The van der Waals surface area contributed by atoms with Gasteiger partial charge in [-0.25, -0.2) is 4.98 Å². The maximum atomic E-state index is 12.6. The van der Waals surface area contributed by atoms with Crippen molar-refractivity contribution in [2.45, 2.75) is 25.6 Å². The minimum Gasteiger partial charge on any atom is -0.343 e. The molecule has 3 nitrogen and oxygen atoms in total. The summed E-state index contributed by atoms with van der Waals surface area (Å²) in [6.45, 7) is 5.41. The number of hydrogen-bond acceptors (Lipinski definition) is 3. The van der Waals surface area contributed by atoms with Gasteiger partial charge in [0.2, 0.25) is 0 Å². The van der Waals surface area contributed by atoms with Crippen LogP contribution in [0.5, 0.6) is 0 Å². The average Bonchev–Trinajstić information content (AvgIpc) is 3.02. The minimum atomic E-state index is -4.47. The summed E-state index contributed by atoms with van der Waals surface area (Å²) < 4.78 is 37.8. The van der Waals surface area contributed by atoms with Gasteiger partial charge in [-0.15, -0.1) is 11.3 Å². The molecule has 1 heterocycles. The molecule has 23 heavy (non-hydrogen) atoms. The van der Waals surface area contributed by atoms with Crippen LogP contribution < -0.4 is 5.32 Å². The Hall–Kier alpha value is -2.15. The quantitative estimate of drug-likeness (QED) is 0.858. The van der Waals surface area contributed by atoms with Gasteiger partial charge in [-0.2, -0.15) is 13.2 Å². The number of thiazole rings is 1. The smallest absolute Gasteiger partial charge is 0.343 e. The third kappa shape index (κ3) is 4.19. The van der Waals surface area contributed by atoms with Gasteiger partial charge in [0.05, 0.1) is 6.04 Å². The second-order valence-corrected chi connectivity index (χ2v) is 5.72. The molecule has 1 aromatic carbocycles. The number of rotatable bonds is 5. The molecule has 1 N–H and O–H groups in total. The molecular weight excluding hydrogens is 325 g/mol. The Morgan fingerprint density at radius 1 is 1.39 bits per heavy atom. The summed E-state index contributed by atoms with van der Waals surface area (Å²) in [6.07, 6.45) is -2.37. The van der Waals surface area contributed by atoms with Crippen molar-refractivity contribution in [2.24, 2.45) is 0 Å². The van der Waals surface area contributed by atoms with Crippen molar-refractivity contribution in [3.05, 3.63) is 58.1 Å². The molecule has 7 heteroatoms. The van der Waals surface area contributed by atoms with Crippen molar-refractivity contribution in [1.82, 2.24) is 10.3 Å². The van der Waals surface area contributed by atoms with Crippen molar-refractivity contribution < 1.29 is 18.0 Å². The number of halogens is 3. The molecule has 0 bridgehead atoms. The van der Waals surface area contributed by atoms with E-state index >= 15 is 0 Å². The molecule has 1 atom stereocenters. The van der Waals surface area contributed by atoms with E-state index in [9.17, 15) is 18.0 Å². The summed E-state index contributed by atoms with van der Waals surface area (Å²) in [6, 6.07) is 6.22. The minimum absolute atomic E-state index is 0.246. The van der Waals surface area contributed by atoms with Crippen LogP contribution in [0.2, 0.25) is 0 Å². The summed E-state index contributed by atoms with van der Waals surface area (Å²) in [5.41, 5.74) is 0.380. The summed E-state index contributed by atoms with van der Waals surface area (Å²) in [5, 5.41) is 3.92. The van der Waals surface area contributed by atoms with E-state index in [0.29, 0.717) is 12.0 Å². The monoisotopic (exact) mass is 340 g/mol. The molecule has 0 spiro atoms. The maximum Gasteiger partial charge on any atom is 0.434 e. The maximum absolute atomic E-state index is 12.6. The van der Waals surface area contributed by atoms with Gasteiger partial charge in [0, 0.05) is 10.9 Å². The molecule has 0 radical (unpaired) electrons. The van der Waals surface area contributed by atoms with E-state index in [4.69, 9.17) is 0 Å². The van der Waals surface area contributed by atoms with Crippen LogP contribution in [0.3, 0.4) is 0 Å². The first-order valence-corrected chi connectivity index (χ1v) is 7.79. The Kier molecular flexibility index (Phi) is 5.20. The zero-order valence-corrected chi connectivity index (χ0v) is 13.2. The van der Waals surface area contributed by atoms with E-state index < -0.39 is 17.9 Å². The van der Waals surface area contributed by atoms with Crippen molar-refractivity contribution in [2.75, 3.05) is 0 Å². The van der Waals surface area contributed by atoms with Gasteiger partial charge in [0.15, 0.2) is 5.69 Å². The van der Waals surface area contributed by atoms with Crippen LogP contribution in [-0.4, -0.2) is 10.9 Å². The fourth-order valence-electron chi connectivity index (χ4n) is 1.93. The number of amides is 1. The first-order chi connectivity index (χ1) is 10.8. The highest BCUT2D eigenvalue weighted by Crippen LogP contribution is 2.32. The standard InChI is InChI=1S/C16H15F3N2OS/c1-3-10-5-7-11(8-6-10)14(22)20-12(4-2)15-21-13(9-23-15)16(17,18)19/h3,5-9,12H,1,4H2,2H3,(H,20,22)/t12-/m0/s1. The number of carbonyl (C=O) groups excluding carboxylic acids is 1. The van der Waals surface area contributed by atoms with Crippen LogP contribution in [0.15, 0.2) is 36.2 Å². The highest BCUT2D eigenvalue weighted by atomic mass is 32.1. The fourth-order valence-corrected chi connectivity index (χ4v) is 2.89. The second kappa shape index (κ2) is 6.95. The molecule has 1 amide bonds. The SMILES string of the molecule is C=Cc1ccc(C(=O)N[C@@H](CC)c2nc(C(F)(F)F)cs2)cc1. The third-order valence-corrected chi connectivity index (χ3v) is 4.19. The molecule has 0 fully saturated rings. The van der Waals surface area contributed by atoms with Crippen LogP contribution in [0.4, 0.5) is 13.2 Å². The third-order valence-electron chi connectivity index (χ3n) is 3.23. The summed E-state index contributed by atoms with van der Waals surface area (Å²) in [7, 11) is 0. The lowest BCUT2D eigenvalue weighted by molar-refractivity contribution is -0.140. The molecule has 0 aliphatic rings. The van der Waals surface area contributed by atoms with E-state index in [2.05, 4.69) is 16.9 Å². The lowest BCUT2D eigenvalue weighted by atomic mass is 10.1. The van der Waals surface area contributed by atoms with Crippen molar-refractivity contribution in [1.29, 1.82) is 0 Å². The highest BCUT2D eigenvalue weighted by molar-refractivity contribution is 7.09. The van der Waals surface area contributed by atoms with Gasteiger partial charge in [0.1, 0.15) is 5.01 Å². The first-order valence-electron chi connectivity index (χ1n) is 6.91. The molecule has 0 saturated heterocycles. The fraction of sp³-hybridized carbons (Fsp3) is 0.250. The zero-order valence-electron chi connectivity index (χ0n) is 12.4. The van der Waals surface area contributed by atoms with Crippen LogP contribution in [0.1, 0.15) is 46.0 Å². The molecule has 2 aromatic rings. The Labute approximate surface area is 135 Å². The number of nitrogens with zero attached hydrogens (tertiary/aromatic N) is 1. The van der Waals surface area contributed by atoms with Gasteiger partial charge in [0.25, 0.3) is 5.91 Å². The van der Waals surface area contributed by atoms with Crippen molar-refractivity contribution >= 4 is 23.3 Å². The van der Waals surface area contributed by atoms with Gasteiger partial charge >= 0.3 is 6.18 Å². The Morgan fingerprint density at radius 3 is 2.52 bits per heavy atom. The van der Waals surface area contributed by atoms with Crippen LogP contribution in [0.25, 0.3) is 6.08 Å². The molecule has 0 aliphatic heterocycles. The summed E-state index contributed by atoms with van der Waals surface area (Å²) >= 11 is 0.893. The summed E-state index contributed by atoms with van der Waals surface area (Å²) in [5.74, 6) is -0.351.